The van der Waals surface area contributed by atoms with Crippen LogP contribution in [0.25, 0.3) is 0 Å². The maximum atomic E-state index is 13.0. The molecule has 0 aromatic heterocycles. The van der Waals surface area contributed by atoms with Crippen molar-refractivity contribution in [2.75, 3.05) is 24.2 Å². The molecule has 0 spiro atoms. The predicted octanol–water partition coefficient (Wildman–Crippen LogP) is 3.40. The van der Waals surface area contributed by atoms with Gasteiger partial charge in [-0.1, -0.05) is 45.0 Å². The van der Waals surface area contributed by atoms with E-state index in [1.54, 1.807) is 13.2 Å². The molecule has 0 bridgehead atoms. The Kier molecular flexibility index (Phi) is 6.23. The summed E-state index contributed by atoms with van der Waals surface area (Å²) < 4.78 is 37.6. The van der Waals surface area contributed by atoms with Gasteiger partial charge >= 0.3 is 0 Å². The molecule has 1 amide bonds. The van der Waals surface area contributed by atoms with Crippen LogP contribution in [0, 0.1) is 0 Å². The minimum Gasteiger partial charge on any atom is -0.496 e. The first-order chi connectivity index (χ1) is 14.4. The van der Waals surface area contributed by atoms with Crippen LogP contribution in [0.3, 0.4) is 0 Å². The zero-order valence-corrected chi connectivity index (χ0v) is 19.6. The average Bonchev–Trinajstić information content (AvgIpc) is 2.70. The normalized spacial score (nSPS) is 17.4. The Balaban J connectivity index is 1.88. The van der Waals surface area contributed by atoms with Crippen LogP contribution in [0.5, 0.6) is 11.5 Å². The Morgan fingerprint density at radius 1 is 1.23 bits per heavy atom. The number of sulfonamides is 1. The molecule has 0 aliphatic carbocycles. The van der Waals surface area contributed by atoms with Crippen LogP contribution in [-0.2, 0) is 20.2 Å². The number of benzene rings is 2. The third-order valence-electron chi connectivity index (χ3n) is 5.35. The standard InChI is InChI=1S/C23H30N2O5S/c1-15(17-9-7-8-10-19(17)29-5)24-22(26)21-14-25(31(6,27)28)18-13-16(23(2,3)4)11-12-20(18)30-21/h7-13,15,21H,14H2,1-6H3,(H,24,26)/t15-,21+/m1/s1. The van der Waals surface area contributed by atoms with Crippen molar-refractivity contribution in [3.8, 4) is 11.5 Å². The summed E-state index contributed by atoms with van der Waals surface area (Å²) in [7, 11) is -2.03. The topological polar surface area (TPSA) is 84.9 Å². The van der Waals surface area contributed by atoms with E-state index in [0.29, 0.717) is 17.2 Å². The molecular weight excluding hydrogens is 416 g/mol. The summed E-state index contributed by atoms with van der Waals surface area (Å²) >= 11 is 0. The number of carbonyl (C=O) groups excluding carboxylic acids is 1. The quantitative estimate of drug-likeness (QED) is 0.761. The fourth-order valence-corrected chi connectivity index (χ4v) is 4.48. The SMILES string of the molecule is COc1ccccc1[C@@H](C)NC(=O)[C@@H]1CN(S(C)(=O)=O)c2cc(C(C)(C)C)ccc2O1. The third-order valence-corrected chi connectivity index (χ3v) is 6.50. The smallest absolute Gasteiger partial charge is 0.263 e. The van der Waals surface area contributed by atoms with Gasteiger partial charge in [0, 0.05) is 5.56 Å². The van der Waals surface area contributed by atoms with Crippen molar-refractivity contribution in [2.45, 2.75) is 45.3 Å². The second-order valence-corrected chi connectivity index (χ2v) is 10.7. The summed E-state index contributed by atoms with van der Waals surface area (Å²) in [4.78, 5) is 13.0. The van der Waals surface area contributed by atoms with Crippen LogP contribution in [0.15, 0.2) is 42.5 Å². The first-order valence-corrected chi connectivity index (χ1v) is 12.0. The van der Waals surface area contributed by atoms with E-state index in [1.807, 2.05) is 43.3 Å². The molecule has 2 aromatic carbocycles. The van der Waals surface area contributed by atoms with Crippen molar-refractivity contribution in [3.63, 3.8) is 0 Å². The minimum atomic E-state index is -3.61. The van der Waals surface area contributed by atoms with Crippen molar-refractivity contribution in [3.05, 3.63) is 53.6 Å². The number of nitrogens with zero attached hydrogens (tertiary/aromatic N) is 1. The van der Waals surface area contributed by atoms with E-state index in [-0.39, 0.29) is 18.0 Å². The van der Waals surface area contributed by atoms with Crippen molar-refractivity contribution in [2.24, 2.45) is 0 Å². The molecule has 168 valence electrons. The molecule has 3 rings (SSSR count). The van der Waals surface area contributed by atoms with Crippen LogP contribution in [0.2, 0.25) is 0 Å². The van der Waals surface area contributed by atoms with E-state index in [1.165, 1.54) is 4.31 Å². The van der Waals surface area contributed by atoms with Crippen LogP contribution in [-0.4, -0.2) is 40.3 Å². The molecule has 0 saturated carbocycles. The molecule has 1 N–H and O–H groups in total. The number of amides is 1. The van der Waals surface area contributed by atoms with Crippen molar-refractivity contribution in [1.82, 2.24) is 5.32 Å². The average molecular weight is 447 g/mol. The zero-order valence-electron chi connectivity index (χ0n) is 18.8. The molecule has 0 saturated heterocycles. The summed E-state index contributed by atoms with van der Waals surface area (Å²) in [5, 5.41) is 2.91. The van der Waals surface area contributed by atoms with Gasteiger partial charge in [-0.05, 0) is 36.1 Å². The van der Waals surface area contributed by atoms with E-state index in [4.69, 9.17) is 9.47 Å². The van der Waals surface area contributed by atoms with Crippen molar-refractivity contribution < 1.29 is 22.7 Å². The van der Waals surface area contributed by atoms with Gasteiger partial charge in [0.1, 0.15) is 11.5 Å². The molecule has 1 aliphatic heterocycles. The molecule has 2 aromatic rings. The lowest BCUT2D eigenvalue weighted by Gasteiger charge is -2.35. The van der Waals surface area contributed by atoms with Gasteiger partial charge in [0.25, 0.3) is 5.91 Å². The van der Waals surface area contributed by atoms with Crippen molar-refractivity contribution >= 4 is 21.6 Å². The number of para-hydroxylation sites is 1. The molecule has 0 radical (unpaired) electrons. The van der Waals surface area contributed by atoms with E-state index in [9.17, 15) is 13.2 Å². The monoisotopic (exact) mass is 446 g/mol. The number of nitrogens with one attached hydrogen (secondary N) is 1. The maximum Gasteiger partial charge on any atom is 0.263 e. The Labute approximate surface area is 184 Å². The first kappa shape index (κ1) is 22.9. The van der Waals surface area contributed by atoms with Gasteiger partial charge in [-0.3, -0.25) is 9.10 Å². The maximum absolute atomic E-state index is 13.0. The van der Waals surface area contributed by atoms with Gasteiger partial charge < -0.3 is 14.8 Å². The van der Waals surface area contributed by atoms with E-state index < -0.39 is 22.0 Å². The van der Waals surface area contributed by atoms with E-state index in [0.717, 1.165) is 17.4 Å². The summed E-state index contributed by atoms with van der Waals surface area (Å²) in [5.74, 6) is 0.644. The molecule has 0 fully saturated rings. The summed E-state index contributed by atoms with van der Waals surface area (Å²) in [6, 6.07) is 12.5. The Morgan fingerprint density at radius 2 is 1.90 bits per heavy atom. The summed E-state index contributed by atoms with van der Waals surface area (Å²) in [5.41, 5.74) is 2.11. The molecular formula is C23H30N2O5S. The van der Waals surface area contributed by atoms with Crippen LogP contribution in [0.4, 0.5) is 5.69 Å². The predicted molar refractivity (Wildman–Crippen MR) is 121 cm³/mol. The van der Waals surface area contributed by atoms with Gasteiger partial charge in [-0.2, -0.15) is 0 Å². The zero-order chi connectivity index (χ0) is 23.0. The van der Waals surface area contributed by atoms with Crippen LogP contribution in [0.1, 0.15) is 44.9 Å². The fourth-order valence-electron chi connectivity index (χ4n) is 3.58. The van der Waals surface area contributed by atoms with Gasteiger partial charge in [-0.15, -0.1) is 0 Å². The van der Waals surface area contributed by atoms with Gasteiger partial charge in [0.2, 0.25) is 10.0 Å². The third kappa shape index (κ3) is 4.95. The highest BCUT2D eigenvalue weighted by Gasteiger charge is 2.36. The first-order valence-electron chi connectivity index (χ1n) is 10.1. The number of carbonyl (C=O) groups is 1. The molecule has 8 heteroatoms. The Bertz CT molecular complexity index is 1080. The number of fused-ring (bicyclic) bond motifs is 1. The van der Waals surface area contributed by atoms with Crippen molar-refractivity contribution in [1.29, 1.82) is 0 Å². The second-order valence-electron chi connectivity index (χ2n) is 8.81. The lowest BCUT2D eigenvalue weighted by atomic mass is 9.86. The highest BCUT2D eigenvalue weighted by molar-refractivity contribution is 7.92. The van der Waals surface area contributed by atoms with Crippen LogP contribution >= 0.6 is 0 Å². The lowest BCUT2D eigenvalue weighted by Crippen LogP contribution is -2.50. The van der Waals surface area contributed by atoms with Gasteiger partial charge in [-0.25, -0.2) is 8.42 Å². The van der Waals surface area contributed by atoms with E-state index >= 15 is 0 Å². The van der Waals surface area contributed by atoms with Gasteiger partial charge in [0.05, 0.1) is 31.6 Å². The van der Waals surface area contributed by atoms with E-state index in [2.05, 4.69) is 26.1 Å². The second kappa shape index (κ2) is 8.42. The molecule has 31 heavy (non-hydrogen) atoms. The molecule has 2 atom stereocenters. The number of ether oxygens (including phenoxy) is 2. The van der Waals surface area contributed by atoms with Gasteiger partial charge in [0.15, 0.2) is 6.10 Å². The molecule has 7 nitrogen and oxygen atoms in total. The number of hydrogen-bond acceptors (Lipinski definition) is 5. The highest BCUT2D eigenvalue weighted by atomic mass is 32.2. The molecule has 1 aliphatic rings. The number of methoxy groups -OCH3 is 1. The summed E-state index contributed by atoms with van der Waals surface area (Å²) in [6.07, 6.45) is 0.165. The lowest BCUT2D eigenvalue weighted by molar-refractivity contribution is -0.128. The Hall–Kier alpha value is -2.74. The number of hydrogen-bond donors (Lipinski definition) is 1. The molecule has 0 unspecified atom stereocenters. The molecule has 1 heterocycles. The summed E-state index contributed by atoms with van der Waals surface area (Å²) in [6.45, 7) is 7.91. The minimum absolute atomic E-state index is 0.0933. The fraction of sp³-hybridized carbons (Fsp3) is 0.435. The van der Waals surface area contributed by atoms with Crippen LogP contribution < -0.4 is 19.1 Å². The Morgan fingerprint density at radius 3 is 2.52 bits per heavy atom. The number of anilines is 1. The highest BCUT2D eigenvalue weighted by Crippen LogP contribution is 2.38. The largest absolute Gasteiger partial charge is 0.496 e. The number of rotatable bonds is 5.